The summed E-state index contributed by atoms with van der Waals surface area (Å²) in [6.07, 6.45) is 10.3. The zero-order chi connectivity index (χ0) is 18.8. The summed E-state index contributed by atoms with van der Waals surface area (Å²) in [4.78, 5) is 19.3. The summed E-state index contributed by atoms with van der Waals surface area (Å²) in [5.41, 5.74) is 12.4. The minimum absolute atomic E-state index is 0. The van der Waals surface area contributed by atoms with Crippen LogP contribution < -0.4 is 11.2 Å². The molecule has 148 valence electrons. The average Bonchev–Trinajstić information content (AvgIpc) is 3.31. The second-order valence-electron chi connectivity index (χ2n) is 6.89. The van der Waals surface area contributed by atoms with Gasteiger partial charge in [-0.05, 0) is 42.6 Å². The smallest absolute Gasteiger partial charge is 0.256 e. The molecule has 3 aromatic rings. The number of aromatic amines is 1. The summed E-state index contributed by atoms with van der Waals surface area (Å²) in [5, 5.41) is 0. The van der Waals surface area contributed by atoms with Gasteiger partial charge in [0.25, 0.3) is 5.91 Å². The number of nitrogens with zero attached hydrogens (tertiary/aromatic N) is 3. The molecule has 1 aromatic carbocycles. The lowest BCUT2D eigenvalue weighted by Crippen LogP contribution is -2.40. The first-order valence-electron chi connectivity index (χ1n) is 9.02. The fourth-order valence-corrected chi connectivity index (χ4v) is 3.91. The molecule has 0 spiro atoms. The summed E-state index contributed by atoms with van der Waals surface area (Å²) >= 11 is 5.58. The highest BCUT2D eigenvalue weighted by molar-refractivity contribution is 7.71. The number of carbonyl (C=O) groups is 1. The Labute approximate surface area is 174 Å². The highest BCUT2D eigenvalue weighted by atomic mass is 35.5. The maximum Gasteiger partial charge on any atom is 0.256 e. The third-order valence-electron chi connectivity index (χ3n) is 5.08. The largest absolute Gasteiger partial charge is 0.348 e. The number of aryl methyl sites for hydroxylation is 1. The van der Waals surface area contributed by atoms with Gasteiger partial charge in [-0.25, -0.2) is 9.66 Å². The lowest BCUT2D eigenvalue weighted by Gasteiger charge is -2.25. The van der Waals surface area contributed by atoms with Crippen LogP contribution in [0.15, 0.2) is 49.2 Å². The monoisotopic (exact) mass is 418 g/mol. The first-order chi connectivity index (χ1) is 13.1. The van der Waals surface area contributed by atoms with Gasteiger partial charge in [0.1, 0.15) is 0 Å². The Balaban J connectivity index is 0.00000225. The molecular formula is C19H23ClN6OS. The first-order valence-corrected chi connectivity index (χ1v) is 9.42. The van der Waals surface area contributed by atoms with Crippen molar-refractivity contribution in [2.45, 2.75) is 37.8 Å². The number of H-pyrrole nitrogens is 1. The van der Waals surface area contributed by atoms with E-state index in [9.17, 15) is 4.79 Å². The molecule has 28 heavy (non-hydrogen) atoms. The number of nitrogens with one attached hydrogen (secondary N) is 2. The zero-order valence-corrected chi connectivity index (χ0v) is 16.9. The minimum Gasteiger partial charge on any atom is -0.348 e. The second-order valence-corrected chi connectivity index (χ2v) is 7.25. The van der Waals surface area contributed by atoms with Crippen molar-refractivity contribution >= 4 is 30.5 Å². The Morgan fingerprint density at radius 2 is 2.14 bits per heavy atom. The van der Waals surface area contributed by atoms with E-state index in [1.165, 1.54) is 11.1 Å². The number of halogens is 1. The van der Waals surface area contributed by atoms with Gasteiger partial charge in [0.15, 0.2) is 4.77 Å². The van der Waals surface area contributed by atoms with Gasteiger partial charge < -0.3 is 15.3 Å². The normalized spacial score (nSPS) is 16.7. The summed E-state index contributed by atoms with van der Waals surface area (Å²) in [7, 11) is 0. The summed E-state index contributed by atoms with van der Waals surface area (Å²) in [5.74, 6) is -0.285. The molecule has 0 saturated carbocycles. The lowest BCUT2D eigenvalue weighted by atomic mass is 9.88. The Kier molecular flexibility index (Phi) is 6.33. The quantitative estimate of drug-likeness (QED) is 0.555. The van der Waals surface area contributed by atoms with Crippen LogP contribution in [0.3, 0.4) is 0 Å². The molecule has 2 heterocycles. The molecule has 1 unspecified atom stereocenters. The van der Waals surface area contributed by atoms with E-state index in [2.05, 4.69) is 44.2 Å². The Bertz CT molecular complexity index is 996. The number of imidazole rings is 2. The Morgan fingerprint density at radius 1 is 1.36 bits per heavy atom. The van der Waals surface area contributed by atoms with Crippen molar-refractivity contribution in [3.63, 3.8) is 0 Å². The molecule has 0 saturated heterocycles. The average molecular weight is 419 g/mol. The number of carbonyl (C=O) groups excluding carboxylic acids is 1. The molecule has 4 rings (SSSR count). The van der Waals surface area contributed by atoms with Crippen molar-refractivity contribution in [1.29, 1.82) is 0 Å². The number of fused-ring (bicyclic) bond motifs is 1. The van der Waals surface area contributed by atoms with E-state index in [1.54, 1.807) is 23.4 Å². The molecule has 9 heteroatoms. The molecule has 2 atom stereocenters. The second kappa shape index (κ2) is 8.72. The molecule has 4 N–H and O–H groups in total. The van der Waals surface area contributed by atoms with Crippen LogP contribution in [-0.2, 0) is 24.1 Å². The van der Waals surface area contributed by atoms with Gasteiger partial charge in [0.05, 0.1) is 12.4 Å². The van der Waals surface area contributed by atoms with Crippen LogP contribution in [0.4, 0.5) is 0 Å². The van der Waals surface area contributed by atoms with E-state index in [4.69, 9.17) is 18.0 Å². The van der Waals surface area contributed by atoms with Crippen molar-refractivity contribution in [3.8, 4) is 0 Å². The maximum absolute atomic E-state index is 12.4. The van der Waals surface area contributed by atoms with E-state index < -0.39 is 6.04 Å². The van der Waals surface area contributed by atoms with Crippen molar-refractivity contribution in [3.05, 3.63) is 70.8 Å². The van der Waals surface area contributed by atoms with Crippen LogP contribution >= 0.6 is 24.6 Å². The molecule has 1 aliphatic carbocycles. The topological polar surface area (TPSA) is 93.7 Å². The van der Waals surface area contributed by atoms with Crippen molar-refractivity contribution < 1.29 is 4.79 Å². The van der Waals surface area contributed by atoms with Gasteiger partial charge in [-0.1, -0.05) is 24.3 Å². The van der Waals surface area contributed by atoms with Gasteiger partial charge in [-0.15, -0.1) is 12.4 Å². The third kappa shape index (κ3) is 4.19. The maximum atomic E-state index is 12.4. The standard InChI is InChI=1S/C19H22N6OS.ClH/c20-17(10-15-11-21-12-22-15)18(26)23-25-8-7-24(19(25)27)16-6-5-13-3-1-2-4-14(13)9-16;/h1-4,7-8,11-12,16-17H,5-6,9-10,20H2,(H,21,22)(H,23,26);1H/t16?,17-;/m0./s1. The van der Waals surface area contributed by atoms with Crippen LogP contribution in [0, 0.1) is 4.77 Å². The molecule has 0 fully saturated rings. The van der Waals surface area contributed by atoms with Gasteiger partial charge in [-0.2, -0.15) is 0 Å². The fraction of sp³-hybridized carbons (Fsp3) is 0.316. The summed E-state index contributed by atoms with van der Waals surface area (Å²) < 4.78 is 4.21. The summed E-state index contributed by atoms with van der Waals surface area (Å²) in [6, 6.07) is 8.15. The lowest BCUT2D eigenvalue weighted by molar-refractivity contribution is -0.118. The van der Waals surface area contributed by atoms with E-state index in [1.807, 2.05) is 6.20 Å². The van der Waals surface area contributed by atoms with E-state index in [-0.39, 0.29) is 18.3 Å². The SMILES string of the molecule is Cl.N[C@@H](Cc1cnc[nH]1)C(=O)Nn1ccn(C2CCc3ccccc3C2)c1=S. The van der Waals surface area contributed by atoms with Crippen molar-refractivity contribution in [2.75, 3.05) is 5.43 Å². The van der Waals surface area contributed by atoms with Crippen LogP contribution in [0.1, 0.15) is 29.3 Å². The molecule has 1 amide bonds. The number of hydrogen-bond acceptors (Lipinski definition) is 4. The predicted octanol–water partition coefficient (Wildman–Crippen LogP) is 2.53. The summed E-state index contributed by atoms with van der Waals surface area (Å²) in [6.45, 7) is 0. The van der Waals surface area contributed by atoms with Crippen LogP contribution in [0.5, 0.6) is 0 Å². The van der Waals surface area contributed by atoms with Gasteiger partial charge in [-0.3, -0.25) is 10.2 Å². The number of nitrogens with two attached hydrogens (primary N) is 1. The minimum atomic E-state index is -0.683. The molecule has 0 radical (unpaired) electrons. The molecule has 1 aliphatic rings. The van der Waals surface area contributed by atoms with E-state index >= 15 is 0 Å². The molecule has 0 bridgehead atoms. The Hall–Kier alpha value is -2.42. The third-order valence-corrected chi connectivity index (χ3v) is 5.49. The van der Waals surface area contributed by atoms with Gasteiger partial charge >= 0.3 is 0 Å². The predicted molar refractivity (Wildman–Crippen MR) is 113 cm³/mol. The van der Waals surface area contributed by atoms with E-state index in [0.717, 1.165) is 25.0 Å². The number of amides is 1. The molecule has 2 aromatic heterocycles. The zero-order valence-electron chi connectivity index (χ0n) is 15.2. The van der Waals surface area contributed by atoms with Crippen molar-refractivity contribution in [2.24, 2.45) is 5.73 Å². The molecule has 0 aliphatic heterocycles. The van der Waals surface area contributed by atoms with Gasteiger partial charge in [0, 0.05) is 36.7 Å². The molecular weight excluding hydrogens is 396 g/mol. The first kappa shape index (κ1) is 20.3. The Morgan fingerprint density at radius 3 is 2.89 bits per heavy atom. The fourth-order valence-electron chi connectivity index (χ4n) is 3.60. The van der Waals surface area contributed by atoms with Gasteiger partial charge in [0.2, 0.25) is 0 Å². The molecule has 7 nitrogen and oxygen atoms in total. The van der Waals surface area contributed by atoms with Crippen molar-refractivity contribution in [1.82, 2.24) is 19.2 Å². The number of hydrogen-bond donors (Lipinski definition) is 3. The van der Waals surface area contributed by atoms with Crippen LogP contribution in [0.25, 0.3) is 0 Å². The number of aromatic nitrogens is 4. The van der Waals surface area contributed by atoms with E-state index in [0.29, 0.717) is 17.2 Å². The number of rotatable bonds is 5. The van der Waals surface area contributed by atoms with Crippen LogP contribution in [0.2, 0.25) is 0 Å². The highest BCUT2D eigenvalue weighted by Crippen LogP contribution is 2.29. The highest BCUT2D eigenvalue weighted by Gasteiger charge is 2.21. The van der Waals surface area contributed by atoms with Crippen LogP contribution in [-0.4, -0.2) is 31.2 Å². The number of benzene rings is 1.